The van der Waals surface area contributed by atoms with Crippen LogP contribution in [0.2, 0.25) is 0 Å². The van der Waals surface area contributed by atoms with E-state index in [0.717, 1.165) is 42.4 Å². The van der Waals surface area contributed by atoms with Gasteiger partial charge in [0.15, 0.2) is 32.9 Å². The third-order valence-electron chi connectivity index (χ3n) is 8.53. The minimum atomic E-state index is 0.545. The summed E-state index contributed by atoms with van der Waals surface area (Å²) in [6.07, 6.45) is 3.45. The summed E-state index contributed by atoms with van der Waals surface area (Å²) in [7, 11) is 0. The monoisotopic (exact) mass is 701 g/mol. The van der Waals surface area contributed by atoms with Gasteiger partial charge < -0.3 is 13.7 Å². The zero-order chi connectivity index (χ0) is 33.6. The van der Waals surface area contributed by atoms with Gasteiger partial charge in [0.05, 0.1) is 0 Å². The van der Waals surface area contributed by atoms with Crippen LogP contribution in [0.4, 0.5) is 0 Å². The fourth-order valence-corrected chi connectivity index (χ4v) is 6.73. The number of hydrogen-bond donors (Lipinski definition) is 3. The average Bonchev–Trinajstić information content (AvgIpc) is 3.83. The molecule has 0 aliphatic heterocycles. The Balaban J connectivity index is 1.28. The highest BCUT2D eigenvalue weighted by molar-refractivity contribution is 7.80. The average molecular weight is 702 g/mol. The van der Waals surface area contributed by atoms with E-state index >= 15 is 0 Å². The van der Waals surface area contributed by atoms with Gasteiger partial charge in [0.2, 0.25) is 0 Å². The molecule has 7 rings (SSSR count). The molecule has 7 aromatic rings. The minimum absolute atomic E-state index is 0.545. The fourth-order valence-electron chi connectivity index (χ4n) is 6.01. The van der Waals surface area contributed by atoms with Crippen molar-refractivity contribution in [2.24, 2.45) is 0 Å². The van der Waals surface area contributed by atoms with Gasteiger partial charge in [0, 0.05) is 36.3 Å². The predicted molar refractivity (Wildman–Crippen MR) is 200 cm³/mol. The standard InChI is InChI=1S/C37H35N9S3/c47-35-41-38-32(44(35)20-10-17-26-11-4-1-5-12-26)29-23-30(33-39-42-36(48)45(33)21-18-27-13-6-2-7-14-27)25-31(24-29)34-40-43-37(49)46(34)22-19-28-15-8-3-9-16-28/h1-9,11-16,23-25H,10,17-22H2,(H,41,47)(H,42,48)(H,43,49). The van der Waals surface area contributed by atoms with Crippen LogP contribution in [0.25, 0.3) is 34.2 Å². The first-order valence-electron chi connectivity index (χ1n) is 16.2. The van der Waals surface area contributed by atoms with Gasteiger partial charge >= 0.3 is 0 Å². The minimum Gasteiger partial charge on any atom is -0.302 e. The molecule has 0 aliphatic carbocycles. The third kappa shape index (κ3) is 7.66. The highest BCUT2D eigenvalue weighted by Gasteiger charge is 2.21. The van der Waals surface area contributed by atoms with E-state index < -0.39 is 0 Å². The van der Waals surface area contributed by atoms with Gasteiger partial charge in [-0.1, -0.05) is 91.0 Å². The molecule has 0 bridgehead atoms. The van der Waals surface area contributed by atoms with E-state index in [0.29, 0.717) is 52.6 Å². The van der Waals surface area contributed by atoms with Gasteiger partial charge in [-0.15, -0.1) is 68.5 Å². The fraction of sp³-hybridized carbons (Fsp3) is 0.189. The van der Waals surface area contributed by atoms with Gasteiger partial charge in [-0.25, -0.2) is 0 Å². The van der Waals surface area contributed by atoms with Gasteiger partial charge in [0.1, 0.15) is 0 Å². The predicted octanol–water partition coefficient (Wildman–Crippen LogP) is 7.45. The zero-order valence-electron chi connectivity index (χ0n) is 26.7. The maximum atomic E-state index is 4.70. The second-order valence-corrected chi connectivity index (χ2v) is 13.0. The Morgan fingerprint density at radius 3 is 1.08 bits per heavy atom. The number of nitrogens with zero attached hydrogens (tertiary/aromatic N) is 9. The summed E-state index contributed by atoms with van der Waals surface area (Å²) in [4.78, 5) is 0. The lowest BCUT2D eigenvalue weighted by Crippen LogP contribution is -2.07. The molecule has 0 amide bonds. The van der Waals surface area contributed by atoms with Gasteiger partial charge in [-0.3, -0.25) is 0 Å². The molecule has 3 aromatic heterocycles. The summed E-state index contributed by atoms with van der Waals surface area (Å²) in [6.45, 7) is 2.03. The topological polar surface area (TPSA) is 92.1 Å². The Hall–Kier alpha value is -4.65. The maximum Gasteiger partial charge on any atom is 0.188 e. The summed E-state index contributed by atoms with van der Waals surface area (Å²) in [6, 6.07) is 37.5. The van der Waals surface area contributed by atoms with E-state index in [9.17, 15) is 0 Å². The lowest BCUT2D eigenvalue weighted by molar-refractivity contribution is 0.601. The zero-order valence-corrected chi connectivity index (χ0v) is 29.4. The van der Waals surface area contributed by atoms with Crippen molar-refractivity contribution in [3.63, 3.8) is 0 Å². The molecule has 9 nitrogen and oxygen atoms in total. The van der Waals surface area contributed by atoms with E-state index in [1.165, 1.54) is 16.7 Å². The van der Waals surface area contributed by atoms with Gasteiger partial charge in [-0.2, -0.15) is 0 Å². The highest BCUT2D eigenvalue weighted by Crippen LogP contribution is 2.33. The second-order valence-electron chi connectivity index (χ2n) is 11.8. The van der Waals surface area contributed by atoms with Crippen LogP contribution < -0.4 is 0 Å². The molecule has 0 aliphatic rings. The van der Waals surface area contributed by atoms with Crippen molar-refractivity contribution in [3.05, 3.63) is 126 Å². The van der Waals surface area contributed by atoms with Gasteiger partial charge in [-0.05, 0) is 60.6 Å². The number of aryl methyl sites for hydroxylation is 3. The lowest BCUT2D eigenvalue weighted by Gasteiger charge is -2.14. The van der Waals surface area contributed by atoms with Crippen molar-refractivity contribution >= 4 is 37.9 Å². The smallest absolute Gasteiger partial charge is 0.188 e. The Labute approximate surface area is 301 Å². The molecule has 0 saturated heterocycles. The van der Waals surface area contributed by atoms with Crippen LogP contribution in [0.1, 0.15) is 23.1 Å². The quantitative estimate of drug-likeness (QED) is 0.108. The molecule has 0 spiro atoms. The molecule has 0 radical (unpaired) electrons. The number of rotatable bonds is 13. The molecule has 0 saturated carbocycles. The summed E-state index contributed by atoms with van der Waals surface area (Å²) in [5, 5.41) is 28.6. The van der Waals surface area contributed by atoms with Crippen LogP contribution in [0.3, 0.4) is 0 Å². The molecule has 49 heavy (non-hydrogen) atoms. The first kappa shape index (κ1) is 32.9. The number of aromatic nitrogens is 9. The molecular formula is C37H35N9S3. The van der Waals surface area contributed by atoms with Gasteiger partial charge in [0.25, 0.3) is 0 Å². The van der Waals surface area contributed by atoms with Crippen molar-refractivity contribution in [2.75, 3.05) is 0 Å². The van der Waals surface area contributed by atoms with Crippen LogP contribution >= 0.6 is 37.9 Å². The van der Waals surface area contributed by atoms with Crippen molar-refractivity contribution in [3.8, 4) is 34.2 Å². The normalized spacial score (nSPS) is 11.3. The molecular weight excluding hydrogens is 667 g/mol. The van der Waals surface area contributed by atoms with E-state index in [1.54, 1.807) is 0 Å². The summed E-state index contributed by atoms with van der Waals surface area (Å²) >= 11 is 14.1. The van der Waals surface area contributed by atoms with E-state index in [-0.39, 0.29) is 0 Å². The first-order valence-corrected chi connectivity index (χ1v) is 17.5. The first-order chi connectivity index (χ1) is 24.0. The van der Waals surface area contributed by atoms with Crippen LogP contribution in [-0.2, 0) is 38.9 Å². The molecule has 246 valence electrons. The molecule has 0 fully saturated rings. The summed E-state index contributed by atoms with van der Waals surface area (Å²) < 4.78 is 6.14. The van der Waals surface area contributed by atoms with Crippen LogP contribution in [0, 0.1) is 0 Å². The Morgan fingerprint density at radius 2 is 0.714 bits per heavy atom. The van der Waals surface area contributed by atoms with Crippen LogP contribution in [-0.4, -0.2) is 44.3 Å². The molecule has 0 unspecified atom stereocenters. The Bertz CT molecular complexity index is 2040. The maximum absolute atomic E-state index is 4.70. The van der Waals surface area contributed by atoms with Crippen molar-refractivity contribution in [2.45, 2.75) is 60.8 Å². The van der Waals surface area contributed by atoms with E-state index in [2.05, 4.69) is 126 Å². The van der Waals surface area contributed by atoms with Crippen molar-refractivity contribution in [1.82, 2.24) is 44.3 Å². The number of hydrogen-bond acceptors (Lipinski definition) is 9. The van der Waals surface area contributed by atoms with Crippen LogP contribution in [0.5, 0.6) is 0 Å². The van der Waals surface area contributed by atoms with E-state index in [1.807, 2.05) is 27.3 Å². The van der Waals surface area contributed by atoms with Crippen molar-refractivity contribution in [1.29, 1.82) is 0 Å². The number of benzene rings is 4. The molecule has 3 heterocycles. The van der Waals surface area contributed by atoms with E-state index in [4.69, 9.17) is 37.9 Å². The third-order valence-corrected chi connectivity index (χ3v) is 9.52. The Morgan fingerprint density at radius 1 is 0.388 bits per heavy atom. The highest BCUT2D eigenvalue weighted by atomic mass is 32.1. The molecule has 0 N–H and O–H groups in total. The second kappa shape index (κ2) is 15.3. The lowest BCUT2D eigenvalue weighted by atomic mass is 10.0. The largest absolute Gasteiger partial charge is 0.302 e. The molecule has 0 atom stereocenters. The number of thiol groups is 3. The van der Waals surface area contributed by atoms with Crippen LogP contribution in [0.15, 0.2) is 125 Å². The summed E-state index contributed by atoms with van der Waals surface area (Å²) in [5.74, 6) is 2.11. The Kier molecular flexibility index (Phi) is 10.2. The SMILES string of the molecule is Sc1nnc(-c2cc(-c3nnc(S)n3CCc3ccccc3)cc(-c3nnc(S)n3CCc3ccccc3)c2)n1CCCc1ccccc1. The van der Waals surface area contributed by atoms with Crippen molar-refractivity contribution < 1.29 is 0 Å². The molecule has 4 aromatic carbocycles. The molecule has 12 heteroatoms. The summed E-state index contributed by atoms with van der Waals surface area (Å²) in [5.41, 5.74) is 6.30.